The van der Waals surface area contributed by atoms with Crippen molar-refractivity contribution in [1.82, 2.24) is 4.90 Å². The molecular formula is C16H15ClN2O2. The van der Waals surface area contributed by atoms with E-state index in [9.17, 15) is 9.90 Å². The van der Waals surface area contributed by atoms with Crippen LogP contribution in [0.2, 0.25) is 5.02 Å². The molecule has 0 bridgehead atoms. The minimum absolute atomic E-state index is 0.0457. The standard InChI is InChI=1S/C16H15ClN2O2/c1-16(10-6-4-3-5-7-10)11-8-12(17)14(20)9-13(11)18-15(21)19(16)2/h3-9,20H,1-2H3,(H,18,21). The molecule has 0 radical (unpaired) electrons. The zero-order chi connectivity index (χ0) is 15.2. The van der Waals surface area contributed by atoms with Crippen molar-refractivity contribution >= 4 is 23.3 Å². The topological polar surface area (TPSA) is 52.6 Å². The molecule has 5 heteroatoms. The Labute approximate surface area is 128 Å². The van der Waals surface area contributed by atoms with E-state index >= 15 is 0 Å². The third-order valence-corrected chi connectivity index (χ3v) is 4.47. The highest BCUT2D eigenvalue weighted by molar-refractivity contribution is 6.32. The average Bonchev–Trinajstić information content (AvgIpc) is 2.48. The molecule has 2 aromatic carbocycles. The Bertz CT molecular complexity index is 718. The maximum absolute atomic E-state index is 12.2. The number of hydrogen-bond acceptors (Lipinski definition) is 2. The number of carbonyl (C=O) groups excluding carboxylic acids is 1. The summed E-state index contributed by atoms with van der Waals surface area (Å²) >= 11 is 6.06. The molecule has 2 aromatic rings. The van der Waals surface area contributed by atoms with Gasteiger partial charge in [-0.25, -0.2) is 4.79 Å². The van der Waals surface area contributed by atoms with Gasteiger partial charge in [0.15, 0.2) is 0 Å². The highest BCUT2D eigenvalue weighted by atomic mass is 35.5. The molecule has 1 unspecified atom stereocenters. The van der Waals surface area contributed by atoms with E-state index in [4.69, 9.17) is 11.6 Å². The van der Waals surface area contributed by atoms with Crippen LogP contribution in [0.4, 0.5) is 10.5 Å². The van der Waals surface area contributed by atoms with Crippen LogP contribution in [0.1, 0.15) is 18.1 Å². The predicted molar refractivity (Wildman–Crippen MR) is 82.8 cm³/mol. The molecule has 1 heterocycles. The molecule has 0 saturated carbocycles. The van der Waals surface area contributed by atoms with Crippen LogP contribution < -0.4 is 5.32 Å². The Morgan fingerprint density at radius 1 is 1.24 bits per heavy atom. The van der Waals surface area contributed by atoms with Crippen LogP contribution in [0.3, 0.4) is 0 Å². The summed E-state index contributed by atoms with van der Waals surface area (Å²) in [5.74, 6) is -0.0457. The SMILES string of the molecule is CN1C(=O)Nc2cc(O)c(Cl)cc2C1(C)c1ccccc1. The molecule has 0 aromatic heterocycles. The Morgan fingerprint density at radius 3 is 2.57 bits per heavy atom. The van der Waals surface area contributed by atoms with Gasteiger partial charge in [0.05, 0.1) is 16.2 Å². The molecule has 108 valence electrons. The van der Waals surface area contributed by atoms with Gasteiger partial charge in [0.1, 0.15) is 5.75 Å². The summed E-state index contributed by atoms with van der Waals surface area (Å²) in [6.07, 6.45) is 0. The Kier molecular flexibility index (Phi) is 3.06. The number of fused-ring (bicyclic) bond motifs is 1. The summed E-state index contributed by atoms with van der Waals surface area (Å²) < 4.78 is 0. The summed E-state index contributed by atoms with van der Waals surface area (Å²) in [5.41, 5.74) is 1.74. The van der Waals surface area contributed by atoms with Gasteiger partial charge in [0, 0.05) is 18.7 Å². The molecule has 0 fully saturated rings. The van der Waals surface area contributed by atoms with Crippen molar-refractivity contribution in [3.8, 4) is 5.75 Å². The van der Waals surface area contributed by atoms with Gasteiger partial charge in [-0.3, -0.25) is 0 Å². The van der Waals surface area contributed by atoms with Gasteiger partial charge in [-0.15, -0.1) is 0 Å². The lowest BCUT2D eigenvalue weighted by Gasteiger charge is -2.44. The van der Waals surface area contributed by atoms with E-state index in [-0.39, 0.29) is 16.8 Å². The van der Waals surface area contributed by atoms with Crippen LogP contribution in [0, 0.1) is 0 Å². The lowest BCUT2D eigenvalue weighted by molar-refractivity contribution is 0.175. The number of nitrogens with zero attached hydrogens (tertiary/aromatic N) is 1. The Hall–Kier alpha value is -2.20. The van der Waals surface area contributed by atoms with Gasteiger partial charge >= 0.3 is 6.03 Å². The number of urea groups is 1. The molecule has 1 aliphatic heterocycles. The fraction of sp³-hybridized carbons (Fsp3) is 0.188. The minimum Gasteiger partial charge on any atom is -0.506 e. The van der Waals surface area contributed by atoms with E-state index in [2.05, 4.69) is 5.32 Å². The fourth-order valence-electron chi connectivity index (χ4n) is 2.76. The molecule has 1 atom stereocenters. The molecule has 2 N–H and O–H groups in total. The van der Waals surface area contributed by atoms with Gasteiger partial charge in [-0.2, -0.15) is 0 Å². The smallest absolute Gasteiger partial charge is 0.322 e. The van der Waals surface area contributed by atoms with E-state index in [0.717, 1.165) is 11.1 Å². The quantitative estimate of drug-likeness (QED) is 0.842. The Morgan fingerprint density at radius 2 is 1.90 bits per heavy atom. The number of aromatic hydroxyl groups is 1. The number of phenolic OH excluding ortho intramolecular Hbond substituents is 1. The molecule has 1 aliphatic rings. The molecule has 0 spiro atoms. The predicted octanol–water partition coefficient (Wildman–Crippen LogP) is 3.79. The van der Waals surface area contributed by atoms with E-state index in [1.807, 2.05) is 37.3 Å². The van der Waals surface area contributed by atoms with Crippen LogP contribution in [0.5, 0.6) is 5.75 Å². The number of benzene rings is 2. The largest absolute Gasteiger partial charge is 0.506 e. The zero-order valence-corrected chi connectivity index (χ0v) is 12.5. The van der Waals surface area contributed by atoms with Crippen LogP contribution >= 0.6 is 11.6 Å². The average molecular weight is 303 g/mol. The van der Waals surface area contributed by atoms with Crippen molar-refractivity contribution in [3.63, 3.8) is 0 Å². The maximum Gasteiger partial charge on any atom is 0.322 e. The first-order valence-electron chi connectivity index (χ1n) is 6.58. The molecule has 0 aliphatic carbocycles. The second kappa shape index (κ2) is 4.67. The third-order valence-electron chi connectivity index (χ3n) is 4.16. The van der Waals surface area contributed by atoms with Gasteiger partial charge < -0.3 is 15.3 Å². The molecule has 3 rings (SSSR count). The van der Waals surface area contributed by atoms with Crippen LogP contribution in [-0.2, 0) is 5.54 Å². The van der Waals surface area contributed by atoms with Gasteiger partial charge in [0.25, 0.3) is 0 Å². The van der Waals surface area contributed by atoms with Crippen molar-refractivity contribution in [2.24, 2.45) is 0 Å². The summed E-state index contributed by atoms with van der Waals surface area (Å²) in [7, 11) is 1.74. The van der Waals surface area contributed by atoms with Crippen molar-refractivity contribution in [1.29, 1.82) is 0 Å². The van der Waals surface area contributed by atoms with E-state index in [0.29, 0.717) is 5.69 Å². The number of hydrogen-bond donors (Lipinski definition) is 2. The summed E-state index contributed by atoms with van der Waals surface area (Å²) in [4.78, 5) is 13.9. The first-order valence-corrected chi connectivity index (χ1v) is 6.95. The van der Waals surface area contributed by atoms with E-state index < -0.39 is 5.54 Å². The summed E-state index contributed by atoms with van der Waals surface area (Å²) in [6, 6.07) is 12.7. The molecule has 2 amide bonds. The maximum atomic E-state index is 12.2. The number of halogens is 1. The summed E-state index contributed by atoms with van der Waals surface area (Å²) in [6.45, 7) is 1.97. The van der Waals surface area contributed by atoms with E-state index in [1.54, 1.807) is 18.0 Å². The molecular weight excluding hydrogens is 288 g/mol. The molecule has 4 nitrogen and oxygen atoms in total. The first kappa shape index (κ1) is 13.8. The number of carbonyl (C=O) groups is 1. The lowest BCUT2D eigenvalue weighted by Crippen LogP contribution is -2.51. The van der Waals surface area contributed by atoms with Gasteiger partial charge in [-0.05, 0) is 18.6 Å². The Balaban J connectivity index is 2.30. The number of amides is 2. The normalized spacial score (nSPS) is 20.9. The van der Waals surface area contributed by atoms with Crippen molar-refractivity contribution in [2.75, 3.05) is 12.4 Å². The highest BCUT2D eigenvalue weighted by Gasteiger charge is 2.42. The highest BCUT2D eigenvalue weighted by Crippen LogP contribution is 2.45. The fourth-order valence-corrected chi connectivity index (χ4v) is 2.93. The number of phenols is 1. The monoisotopic (exact) mass is 302 g/mol. The first-order chi connectivity index (χ1) is 9.94. The molecule has 21 heavy (non-hydrogen) atoms. The van der Waals surface area contributed by atoms with Gasteiger partial charge in [-0.1, -0.05) is 41.9 Å². The third kappa shape index (κ3) is 1.94. The van der Waals surface area contributed by atoms with E-state index in [1.165, 1.54) is 6.07 Å². The van der Waals surface area contributed by atoms with Crippen molar-refractivity contribution in [3.05, 3.63) is 58.6 Å². The number of rotatable bonds is 1. The summed E-state index contributed by atoms with van der Waals surface area (Å²) in [5, 5.41) is 12.8. The number of nitrogens with one attached hydrogen (secondary N) is 1. The van der Waals surface area contributed by atoms with Crippen LogP contribution in [0.25, 0.3) is 0 Å². The molecule has 0 saturated heterocycles. The zero-order valence-electron chi connectivity index (χ0n) is 11.7. The van der Waals surface area contributed by atoms with Crippen molar-refractivity contribution < 1.29 is 9.90 Å². The van der Waals surface area contributed by atoms with Gasteiger partial charge in [0.2, 0.25) is 0 Å². The van der Waals surface area contributed by atoms with Crippen molar-refractivity contribution in [2.45, 2.75) is 12.5 Å². The van der Waals surface area contributed by atoms with Crippen LogP contribution in [0.15, 0.2) is 42.5 Å². The lowest BCUT2D eigenvalue weighted by atomic mass is 9.81. The van der Waals surface area contributed by atoms with Crippen LogP contribution in [-0.4, -0.2) is 23.1 Å². The number of anilines is 1. The minimum atomic E-state index is -0.656. The second-order valence-electron chi connectivity index (χ2n) is 5.28. The second-order valence-corrected chi connectivity index (χ2v) is 5.68.